The zero-order chi connectivity index (χ0) is 10.5. The highest BCUT2D eigenvalue weighted by Crippen LogP contribution is 2.08. The maximum absolute atomic E-state index is 4.13. The smallest absolute Gasteiger partial charge is 0.0312 e. The van der Waals surface area contributed by atoms with Crippen LogP contribution in [-0.2, 0) is 6.54 Å². The highest BCUT2D eigenvalue weighted by molar-refractivity contribution is 5.07. The highest BCUT2D eigenvalue weighted by Gasteiger charge is 2.15. The van der Waals surface area contributed by atoms with E-state index in [4.69, 9.17) is 0 Å². The Morgan fingerprint density at radius 2 is 2.53 bits per heavy atom. The quantitative estimate of drug-likeness (QED) is 0.802. The minimum atomic E-state index is 0.687. The molecule has 1 N–H and O–H groups in total. The van der Waals surface area contributed by atoms with Crippen molar-refractivity contribution in [1.82, 2.24) is 15.2 Å². The fourth-order valence-electron chi connectivity index (χ4n) is 2.16. The molecule has 1 aromatic heterocycles. The lowest BCUT2D eigenvalue weighted by Crippen LogP contribution is -2.34. The van der Waals surface area contributed by atoms with Crippen molar-refractivity contribution in [3.63, 3.8) is 0 Å². The van der Waals surface area contributed by atoms with Gasteiger partial charge >= 0.3 is 0 Å². The van der Waals surface area contributed by atoms with Crippen LogP contribution in [0.25, 0.3) is 0 Å². The first-order valence-corrected chi connectivity index (χ1v) is 5.65. The number of rotatable bonds is 4. The van der Waals surface area contributed by atoms with Crippen molar-refractivity contribution in [2.75, 3.05) is 20.1 Å². The van der Waals surface area contributed by atoms with E-state index in [2.05, 4.69) is 28.3 Å². The third kappa shape index (κ3) is 3.29. The minimum absolute atomic E-state index is 0.687. The molecule has 1 fully saturated rings. The Kier molecular flexibility index (Phi) is 3.69. The Hall–Kier alpha value is -0.930. The van der Waals surface area contributed by atoms with Crippen molar-refractivity contribution < 1.29 is 0 Å². The molecule has 15 heavy (non-hydrogen) atoms. The number of nitrogens with zero attached hydrogens (tertiary/aromatic N) is 2. The van der Waals surface area contributed by atoms with Crippen LogP contribution in [0.5, 0.6) is 0 Å². The summed E-state index contributed by atoms with van der Waals surface area (Å²) in [4.78, 5) is 6.49. The maximum atomic E-state index is 4.13. The zero-order valence-corrected chi connectivity index (χ0v) is 9.32. The molecule has 0 radical (unpaired) electrons. The van der Waals surface area contributed by atoms with Gasteiger partial charge in [0.25, 0.3) is 0 Å². The second kappa shape index (κ2) is 5.24. The van der Waals surface area contributed by atoms with Crippen LogP contribution in [0, 0.1) is 0 Å². The monoisotopic (exact) mass is 205 g/mol. The molecule has 1 aromatic rings. The van der Waals surface area contributed by atoms with Gasteiger partial charge in [-0.15, -0.1) is 0 Å². The number of aromatic nitrogens is 1. The number of nitrogens with one attached hydrogen (secondary N) is 1. The van der Waals surface area contributed by atoms with Gasteiger partial charge in [-0.2, -0.15) is 0 Å². The molecule has 0 amide bonds. The van der Waals surface area contributed by atoms with Crippen LogP contribution in [0.1, 0.15) is 18.4 Å². The Balaban J connectivity index is 1.79. The van der Waals surface area contributed by atoms with Gasteiger partial charge in [-0.3, -0.25) is 4.98 Å². The van der Waals surface area contributed by atoms with Gasteiger partial charge in [0.05, 0.1) is 0 Å². The molecular weight excluding hydrogens is 186 g/mol. The predicted octanol–water partition coefficient (Wildman–Crippen LogP) is 1.27. The average Bonchev–Trinajstić information content (AvgIpc) is 2.71. The van der Waals surface area contributed by atoms with Gasteiger partial charge in [0.2, 0.25) is 0 Å². The van der Waals surface area contributed by atoms with E-state index in [1.807, 2.05) is 18.5 Å². The van der Waals surface area contributed by atoms with Gasteiger partial charge in [0, 0.05) is 31.5 Å². The Morgan fingerprint density at radius 1 is 1.60 bits per heavy atom. The predicted molar refractivity (Wildman–Crippen MR) is 61.6 cm³/mol. The van der Waals surface area contributed by atoms with Gasteiger partial charge in [-0.05, 0) is 38.1 Å². The van der Waals surface area contributed by atoms with Gasteiger partial charge in [0.15, 0.2) is 0 Å². The fraction of sp³-hybridized carbons (Fsp3) is 0.583. The van der Waals surface area contributed by atoms with Gasteiger partial charge in [0.1, 0.15) is 0 Å². The van der Waals surface area contributed by atoms with Crippen molar-refractivity contribution in [1.29, 1.82) is 0 Å². The van der Waals surface area contributed by atoms with Crippen molar-refractivity contribution in [2.24, 2.45) is 0 Å². The molecule has 0 unspecified atom stereocenters. The summed E-state index contributed by atoms with van der Waals surface area (Å²) < 4.78 is 0. The summed E-state index contributed by atoms with van der Waals surface area (Å²) in [5.41, 5.74) is 1.29. The van der Waals surface area contributed by atoms with Crippen LogP contribution < -0.4 is 5.32 Å². The van der Waals surface area contributed by atoms with E-state index in [1.54, 1.807) is 0 Å². The Morgan fingerprint density at radius 3 is 3.20 bits per heavy atom. The van der Waals surface area contributed by atoms with Crippen LogP contribution >= 0.6 is 0 Å². The van der Waals surface area contributed by atoms with Gasteiger partial charge in [-0.1, -0.05) is 6.07 Å². The number of hydrogen-bond acceptors (Lipinski definition) is 3. The molecule has 1 saturated heterocycles. The van der Waals surface area contributed by atoms with Crippen molar-refractivity contribution in [3.8, 4) is 0 Å². The number of likely N-dealkylation sites (N-methyl/N-ethyl adjacent to an activating group) is 1. The van der Waals surface area contributed by atoms with Crippen LogP contribution in [0.2, 0.25) is 0 Å². The molecule has 0 aromatic carbocycles. The fourth-order valence-corrected chi connectivity index (χ4v) is 2.16. The largest absolute Gasteiger partial charge is 0.313 e. The number of hydrogen-bond donors (Lipinski definition) is 1. The first-order valence-electron chi connectivity index (χ1n) is 5.65. The molecule has 82 valence electrons. The van der Waals surface area contributed by atoms with E-state index in [-0.39, 0.29) is 0 Å². The first-order chi connectivity index (χ1) is 7.34. The van der Waals surface area contributed by atoms with Crippen LogP contribution in [0.15, 0.2) is 24.5 Å². The number of pyridine rings is 1. The van der Waals surface area contributed by atoms with Crippen LogP contribution in [-0.4, -0.2) is 36.1 Å². The second-order valence-electron chi connectivity index (χ2n) is 4.35. The lowest BCUT2D eigenvalue weighted by Gasteiger charge is -2.20. The minimum Gasteiger partial charge on any atom is -0.313 e. The topological polar surface area (TPSA) is 28.2 Å². The standard InChI is InChI=1S/C12H19N3/c1-15(10-12-5-3-7-14-12)9-11-4-2-6-13-8-11/h2,4,6,8,12,14H,3,5,7,9-10H2,1H3/t12-/m1/s1. The van der Waals surface area contributed by atoms with E-state index >= 15 is 0 Å². The summed E-state index contributed by atoms with van der Waals surface area (Å²) in [6, 6.07) is 4.81. The summed E-state index contributed by atoms with van der Waals surface area (Å²) in [5, 5.41) is 3.52. The zero-order valence-electron chi connectivity index (χ0n) is 9.32. The summed E-state index contributed by atoms with van der Waals surface area (Å²) in [6.07, 6.45) is 6.41. The van der Waals surface area contributed by atoms with Gasteiger partial charge in [-0.25, -0.2) is 0 Å². The summed E-state index contributed by atoms with van der Waals surface area (Å²) in [7, 11) is 2.17. The second-order valence-corrected chi connectivity index (χ2v) is 4.35. The molecule has 2 heterocycles. The molecule has 0 aliphatic carbocycles. The molecule has 0 spiro atoms. The van der Waals surface area contributed by atoms with Gasteiger partial charge < -0.3 is 10.2 Å². The average molecular weight is 205 g/mol. The highest BCUT2D eigenvalue weighted by atomic mass is 15.1. The molecule has 0 saturated carbocycles. The molecule has 3 heteroatoms. The summed E-state index contributed by atoms with van der Waals surface area (Å²) in [5.74, 6) is 0. The van der Waals surface area contributed by atoms with Crippen molar-refractivity contribution in [2.45, 2.75) is 25.4 Å². The first kappa shape index (κ1) is 10.6. The van der Waals surface area contributed by atoms with E-state index in [1.165, 1.54) is 24.9 Å². The van der Waals surface area contributed by atoms with E-state index in [0.29, 0.717) is 6.04 Å². The molecular formula is C12H19N3. The Labute approximate surface area is 91.5 Å². The molecule has 1 aliphatic rings. The molecule has 1 aliphatic heterocycles. The van der Waals surface area contributed by atoms with E-state index in [0.717, 1.165) is 13.1 Å². The third-order valence-electron chi connectivity index (χ3n) is 2.87. The van der Waals surface area contributed by atoms with Crippen LogP contribution in [0.3, 0.4) is 0 Å². The van der Waals surface area contributed by atoms with E-state index in [9.17, 15) is 0 Å². The van der Waals surface area contributed by atoms with Crippen molar-refractivity contribution in [3.05, 3.63) is 30.1 Å². The molecule has 1 atom stereocenters. The van der Waals surface area contributed by atoms with Crippen molar-refractivity contribution >= 4 is 0 Å². The van der Waals surface area contributed by atoms with E-state index < -0.39 is 0 Å². The molecule has 0 bridgehead atoms. The summed E-state index contributed by atoms with van der Waals surface area (Å²) >= 11 is 0. The van der Waals surface area contributed by atoms with Crippen LogP contribution in [0.4, 0.5) is 0 Å². The SMILES string of the molecule is CN(Cc1cccnc1)C[C@H]1CCCN1. The summed E-state index contributed by atoms with van der Waals surface area (Å²) in [6.45, 7) is 3.31. The lowest BCUT2D eigenvalue weighted by molar-refractivity contribution is 0.293. The normalized spacial score (nSPS) is 21.1. The molecule has 3 nitrogen and oxygen atoms in total. The molecule has 2 rings (SSSR count). The lowest BCUT2D eigenvalue weighted by atomic mass is 10.2. The Bertz CT molecular complexity index is 280. The third-order valence-corrected chi connectivity index (χ3v) is 2.87. The maximum Gasteiger partial charge on any atom is 0.0312 e.